The second-order valence-electron chi connectivity index (χ2n) is 7.47. The second kappa shape index (κ2) is 8.42. The maximum atomic E-state index is 12.6. The standard InChI is InChI=1S/C21H20O12/c22-6-15-18(28)19(29)20(30)21(33-15)31-8-3-9(23)16-10(24)5-13(32-14(16)4-8)7-1-11(25)17(27)12(26)2-7/h1-5,15,18-23,25-30H,6H2/t15?,18-,19+,20?,21-/m1/s1. The Balaban J connectivity index is 1.74. The van der Waals surface area contributed by atoms with Crippen LogP contribution in [0.5, 0.6) is 28.7 Å². The van der Waals surface area contributed by atoms with Crippen LogP contribution in [0.1, 0.15) is 0 Å². The molecule has 0 amide bonds. The van der Waals surface area contributed by atoms with Gasteiger partial charge in [-0.05, 0) is 12.1 Å². The fourth-order valence-electron chi connectivity index (χ4n) is 3.50. The third kappa shape index (κ3) is 4.01. The molecule has 0 aliphatic carbocycles. The van der Waals surface area contributed by atoms with E-state index in [0.29, 0.717) is 0 Å². The lowest BCUT2D eigenvalue weighted by Gasteiger charge is -2.39. The lowest BCUT2D eigenvalue weighted by molar-refractivity contribution is -0.277. The molecular formula is C21H20O12. The van der Waals surface area contributed by atoms with E-state index in [4.69, 9.17) is 13.9 Å². The third-order valence-corrected chi connectivity index (χ3v) is 5.24. The molecule has 1 fully saturated rings. The highest BCUT2D eigenvalue weighted by Crippen LogP contribution is 2.40. The fourth-order valence-corrected chi connectivity index (χ4v) is 3.50. The zero-order valence-corrected chi connectivity index (χ0v) is 16.7. The maximum Gasteiger partial charge on any atom is 0.229 e. The molecule has 1 aliphatic rings. The van der Waals surface area contributed by atoms with E-state index < -0.39 is 65.7 Å². The normalized spacial score (nSPS) is 25.3. The SMILES string of the molecule is O=c1cc(-c2cc(O)c(O)c(O)c2)oc2cc(O[C@@H]3OC(CO)[C@@H](O)[C@H](O)C3O)cc(O)c12. The van der Waals surface area contributed by atoms with Gasteiger partial charge in [0.05, 0.1) is 6.61 Å². The van der Waals surface area contributed by atoms with Gasteiger partial charge in [0.25, 0.3) is 0 Å². The number of fused-ring (bicyclic) bond motifs is 1. The van der Waals surface area contributed by atoms with E-state index in [1.54, 1.807) is 0 Å². The molecule has 4 rings (SSSR count). The Hall–Kier alpha value is -3.55. The summed E-state index contributed by atoms with van der Waals surface area (Å²) in [5.41, 5.74) is -0.805. The Kier molecular flexibility index (Phi) is 5.78. The number of phenolic OH excluding ortho intramolecular Hbond substituents is 4. The molecule has 176 valence electrons. The van der Waals surface area contributed by atoms with Gasteiger partial charge in [-0.1, -0.05) is 0 Å². The van der Waals surface area contributed by atoms with E-state index in [1.165, 1.54) is 6.07 Å². The number of aliphatic hydroxyl groups excluding tert-OH is 4. The van der Waals surface area contributed by atoms with Gasteiger partial charge in [-0.2, -0.15) is 0 Å². The van der Waals surface area contributed by atoms with Gasteiger partial charge in [0, 0.05) is 23.8 Å². The summed E-state index contributed by atoms with van der Waals surface area (Å²) in [5, 5.41) is 78.2. The van der Waals surface area contributed by atoms with Crippen LogP contribution >= 0.6 is 0 Å². The molecule has 2 heterocycles. The van der Waals surface area contributed by atoms with Crippen LogP contribution in [0, 0.1) is 0 Å². The first-order valence-electron chi connectivity index (χ1n) is 9.64. The smallest absolute Gasteiger partial charge is 0.229 e. The molecule has 0 radical (unpaired) electrons. The van der Waals surface area contributed by atoms with Crippen molar-refractivity contribution in [2.75, 3.05) is 6.61 Å². The maximum absolute atomic E-state index is 12.6. The quantitative estimate of drug-likeness (QED) is 0.229. The summed E-state index contributed by atoms with van der Waals surface area (Å²) in [6.45, 7) is -0.668. The fraction of sp³-hybridized carbons (Fsp3) is 0.286. The molecule has 2 aromatic carbocycles. The average Bonchev–Trinajstić information content (AvgIpc) is 2.76. The topological polar surface area (TPSA) is 211 Å². The summed E-state index contributed by atoms with van der Waals surface area (Å²) < 4.78 is 16.3. The van der Waals surface area contributed by atoms with Gasteiger partial charge < -0.3 is 54.7 Å². The second-order valence-corrected chi connectivity index (χ2v) is 7.47. The monoisotopic (exact) mass is 464 g/mol. The van der Waals surface area contributed by atoms with E-state index >= 15 is 0 Å². The summed E-state index contributed by atoms with van der Waals surface area (Å²) in [5.74, 6) is -2.88. The molecule has 1 aliphatic heterocycles. The zero-order valence-electron chi connectivity index (χ0n) is 16.7. The average molecular weight is 464 g/mol. The van der Waals surface area contributed by atoms with Crippen molar-refractivity contribution in [3.05, 3.63) is 40.6 Å². The van der Waals surface area contributed by atoms with Crippen molar-refractivity contribution in [1.29, 1.82) is 0 Å². The molecule has 12 heteroatoms. The van der Waals surface area contributed by atoms with Crippen molar-refractivity contribution in [3.8, 4) is 40.1 Å². The number of benzene rings is 2. The lowest BCUT2D eigenvalue weighted by Crippen LogP contribution is -2.60. The molecule has 5 atom stereocenters. The van der Waals surface area contributed by atoms with E-state index in [0.717, 1.165) is 24.3 Å². The van der Waals surface area contributed by atoms with Gasteiger partial charge in [-0.15, -0.1) is 0 Å². The van der Waals surface area contributed by atoms with Crippen LogP contribution < -0.4 is 10.2 Å². The summed E-state index contributed by atoms with van der Waals surface area (Å²) in [6, 6.07) is 5.33. The number of aromatic hydroxyl groups is 4. The van der Waals surface area contributed by atoms with Crippen LogP contribution in [-0.2, 0) is 4.74 Å². The minimum atomic E-state index is -1.71. The molecule has 8 N–H and O–H groups in total. The highest BCUT2D eigenvalue weighted by Gasteiger charge is 2.44. The summed E-state index contributed by atoms with van der Waals surface area (Å²) in [7, 11) is 0. The van der Waals surface area contributed by atoms with Gasteiger partial charge in [0.1, 0.15) is 52.6 Å². The van der Waals surface area contributed by atoms with Crippen LogP contribution in [0.3, 0.4) is 0 Å². The highest BCUT2D eigenvalue weighted by molar-refractivity contribution is 5.86. The Morgan fingerprint density at radius 3 is 2.15 bits per heavy atom. The first-order valence-corrected chi connectivity index (χ1v) is 9.64. The summed E-state index contributed by atoms with van der Waals surface area (Å²) in [6.07, 6.45) is -7.75. The van der Waals surface area contributed by atoms with Crippen LogP contribution in [0.25, 0.3) is 22.3 Å². The Bertz CT molecular complexity index is 1230. The van der Waals surface area contributed by atoms with Crippen LogP contribution in [-0.4, -0.2) is 78.2 Å². The summed E-state index contributed by atoms with van der Waals surface area (Å²) in [4.78, 5) is 12.6. The lowest BCUT2D eigenvalue weighted by atomic mass is 9.99. The minimum absolute atomic E-state index is 0.0431. The Morgan fingerprint density at radius 1 is 0.848 bits per heavy atom. The largest absolute Gasteiger partial charge is 0.507 e. The number of hydrogen-bond acceptors (Lipinski definition) is 12. The summed E-state index contributed by atoms with van der Waals surface area (Å²) >= 11 is 0. The van der Waals surface area contributed by atoms with Crippen LogP contribution in [0.4, 0.5) is 0 Å². The van der Waals surface area contributed by atoms with Crippen molar-refractivity contribution >= 4 is 11.0 Å². The Morgan fingerprint density at radius 2 is 1.52 bits per heavy atom. The molecule has 2 unspecified atom stereocenters. The van der Waals surface area contributed by atoms with Crippen LogP contribution in [0.2, 0.25) is 0 Å². The predicted octanol–water partition coefficient (Wildman–Crippen LogP) is -0.539. The van der Waals surface area contributed by atoms with Crippen molar-refractivity contribution in [2.24, 2.45) is 0 Å². The van der Waals surface area contributed by atoms with E-state index in [1.807, 2.05) is 0 Å². The molecule has 1 aromatic heterocycles. The van der Waals surface area contributed by atoms with Crippen LogP contribution in [0.15, 0.2) is 39.5 Å². The third-order valence-electron chi connectivity index (χ3n) is 5.24. The van der Waals surface area contributed by atoms with Gasteiger partial charge in [-0.3, -0.25) is 4.79 Å². The van der Waals surface area contributed by atoms with Gasteiger partial charge in [-0.25, -0.2) is 0 Å². The number of aliphatic hydroxyl groups is 4. The molecule has 0 saturated carbocycles. The van der Waals surface area contributed by atoms with E-state index in [-0.39, 0.29) is 28.0 Å². The van der Waals surface area contributed by atoms with Crippen molar-refractivity contribution in [2.45, 2.75) is 30.7 Å². The number of phenols is 4. The van der Waals surface area contributed by atoms with Gasteiger partial charge >= 0.3 is 0 Å². The molecule has 33 heavy (non-hydrogen) atoms. The molecule has 12 nitrogen and oxygen atoms in total. The minimum Gasteiger partial charge on any atom is -0.507 e. The Labute approximate surface area is 184 Å². The van der Waals surface area contributed by atoms with Crippen molar-refractivity contribution in [3.63, 3.8) is 0 Å². The number of ether oxygens (including phenoxy) is 2. The molecule has 1 saturated heterocycles. The van der Waals surface area contributed by atoms with Crippen molar-refractivity contribution < 1.29 is 54.7 Å². The van der Waals surface area contributed by atoms with Crippen molar-refractivity contribution in [1.82, 2.24) is 0 Å². The first kappa shape index (κ1) is 22.6. The zero-order chi connectivity index (χ0) is 24.0. The van der Waals surface area contributed by atoms with Gasteiger partial charge in [0.15, 0.2) is 22.7 Å². The first-order chi connectivity index (χ1) is 15.6. The van der Waals surface area contributed by atoms with E-state index in [9.17, 15) is 45.6 Å². The van der Waals surface area contributed by atoms with E-state index in [2.05, 4.69) is 0 Å². The highest BCUT2D eigenvalue weighted by atomic mass is 16.7. The molecule has 0 spiro atoms. The number of rotatable bonds is 4. The molecule has 0 bridgehead atoms. The molecular weight excluding hydrogens is 444 g/mol. The van der Waals surface area contributed by atoms with Gasteiger partial charge in [0.2, 0.25) is 6.29 Å². The number of hydrogen-bond donors (Lipinski definition) is 8. The predicted molar refractivity (Wildman–Crippen MR) is 109 cm³/mol. The molecule has 3 aromatic rings.